The molecule has 1 N–H and O–H groups in total. The first-order valence-electron chi connectivity index (χ1n) is 19.2. The molecule has 0 aliphatic carbocycles. The van der Waals surface area contributed by atoms with Crippen LogP contribution in [0.25, 0.3) is 60.6 Å². The molecule has 7 aromatic carbocycles. The highest BCUT2D eigenvalue weighted by Gasteiger charge is 2.25. The minimum atomic E-state index is -0.531. The van der Waals surface area contributed by atoms with Gasteiger partial charge in [0.25, 0.3) is 0 Å². The first-order valence-corrected chi connectivity index (χ1v) is 19.2. The lowest BCUT2D eigenvalue weighted by atomic mass is 9.95. The number of furan rings is 1. The summed E-state index contributed by atoms with van der Waals surface area (Å²) in [6.07, 6.45) is 4.47. The van der Waals surface area contributed by atoms with Crippen molar-refractivity contribution in [2.45, 2.75) is 12.6 Å². The van der Waals surface area contributed by atoms with Gasteiger partial charge in [-0.3, -0.25) is 0 Å². The summed E-state index contributed by atoms with van der Waals surface area (Å²) < 4.78 is 15.1. The van der Waals surface area contributed by atoms with Crippen LogP contribution in [0, 0.1) is 0 Å². The van der Waals surface area contributed by atoms with Gasteiger partial charge in [-0.15, -0.1) is 0 Å². The number of amidine groups is 2. The van der Waals surface area contributed by atoms with Crippen molar-refractivity contribution in [2.24, 2.45) is 9.98 Å². The van der Waals surface area contributed by atoms with Gasteiger partial charge < -0.3 is 19.0 Å². The van der Waals surface area contributed by atoms with Crippen LogP contribution in [0.1, 0.15) is 22.9 Å². The van der Waals surface area contributed by atoms with Crippen LogP contribution in [0.4, 0.5) is 0 Å². The zero-order valence-corrected chi connectivity index (χ0v) is 30.8. The number of hydrogen-bond donors (Lipinski definition) is 1. The number of nitrogens with one attached hydrogen (secondary N) is 1. The summed E-state index contributed by atoms with van der Waals surface area (Å²) in [6, 6.07) is 57.0. The summed E-state index contributed by atoms with van der Waals surface area (Å²) >= 11 is 0. The molecule has 2 aromatic heterocycles. The number of aliphatic imine (C=N–C) groups is 2. The number of rotatable bonds is 5. The third-order valence-electron chi connectivity index (χ3n) is 10.9. The molecule has 1 unspecified atom stereocenters. The highest BCUT2D eigenvalue weighted by atomic mass is 16.4. The van der Waals surface area contributed by atoms with Crippen LogP contribution in [0.15, 0.2) is 202 Å². The van der Waals surface area contributed by atoms with Gasteiger partial charge in [-0.2, -0.15) is 0 Å². The number of aromatic nitrogens is 1. The Labute approximate surface area is 330 Å². The highest BCUT2D eigenvalue weighted by molar-refractivity contribution is 6.37. The lowest BCUT2D eigenvalue weighted by Gasteiger charge is -2.23. The molecule has 11 rings (SSSR count). The fraction of sp³-hybridized carbons (Fsp3) is 0.0400. The van der Waals surface area contributed by atoms with Gasteiger partial charge in [-0.05, 0) is 65.6 Å². The molecule has 57 heavy (non-hydrogen) atoms. The first-order chi connectivity index (χ1) is 28.2. The highest BCUT2D eigenvalue weighted by Crippen LogP contribution is 2.40. The minimum absolute atomic E-state index is 0.531. The molecule has 2 aliphatic rings. The van der Waals surface area contributed by atoms with Crippen molar-refractivity contribution in [1.82, 2.24) is 9.88 Å². The number of allylic oxidation sites excluding steroid dienone is 1. The van der Waals surface area contributed by atoms with Crippen molar-refractivity contribution < 1.29 is 9.07 Å². The molecule has 1 radical (unpaired) electrons. The Kier molecular flexibility index (Phi) is 7.95. The van der Waals surface area contributed by atoms with Gasteiger partial charge in [-0.25, -0.2) is 9.98 Å². The second kappa shape index (κ2) is 13.7. The molecule has 2 aliphatic heterocycles. The van der Waals surface area contributed by atoms with Gasteiger partial charge in [0.2, 0.25) is 0 Å². The van der Waals surface area contributed by atoms with Crippen molar-refractivity contribution in [3.05, 3.63) is 204 Å². The van der Waals surface area contributed by atoms with Gasteiger partial charge in [-0.1, -0.05) is 133 Å². The van der Waals surface area contributed by atoms with Crippen molar-refractivity contribution in [3.63, 3.8) is 0 Å². The first kappa shape index (κ1) is 33.0. The van der Waals surface area contributed by atoms with Gasteiger partial charge >= 0.3 is 7.48 Å². The summed E-state index contributed by atoms with van der Waals surface area (Å²) in [5.74, 6) is 4.27. The summed E-state index contributed by atoms with van der Waals surface area (Å²) in [6.45, 7) is 0. The number of nitrogens with zero attached hydrogens (tertiary/aromatic N) is 3. The molecule has 1 atom stereocenters. The van der Waals surface area contributed by atoms with E-state index in [4.69, 9.17) is 19.1 Å². The van der Waals surface area contributed by atoms with Gasteiger partial charge in [0.15, 0.2) is 6.17 Å². The molecule has 6 nitrogen and oxygen atoms in total. The lowest BCUT2D eigenvalue weighted by Crippen LogP contribution is -2.36. The monoisotopic (exact) mass is 733 g/mol. The number of benzene rings is 7. The van der Waals surface area contributed by atoms with Crippen LogP contribution in [0.2, 0.25) is 0 Å². The maximum atomic E-state index is 6.68. The third-order valence-corrected chi connectivity index (χ3v) is 10.9. The second-order valence-corrected chi connectivity index (χ2v) is 14.4. The van der Waals surface area contributed by atoms with Crippen molar-refractivity contribution in [3.8, 4) is 22.6 Å². The molecule has 0 bridgehead atoms. The maximum Gasteiger partial charge on any atom is 0.401 e. The van der Waals surface area contributed by atoms with E-state index in [1.807, 2.05) is 54.5 Å². The Balaban J connectivity index is 1.03. The molecule has 0 spiro atoms. The quantitative estimate of drug-likeness (QED) is 0.179. The molecular weight excluding hydrogens is 699 g/mol. The fourth-order valence-corrected chi connectivity index (χ4v) is 8.23. The Morgan fingerprint density at radius 3 is 2.26 bits per heavy atom. The van der Waals surface area contributed by atoms with Crippen LogP contribution < -0.4 is 9.97 Å². The van der Waals surface area contributed by atoms with Crippen LogP contribution >= 0.6 is 0 Å². The predicted octanol–water partition coefficient (Wildman–Crippen LogP) is 11.5. The Morgan fingerprint density at radius 2 is 1.37 bits per heavy atom. The van der Waals surface area contributed by atoms with Crippen LogP contribution in [-0.2, 0) is 6.42 Å². The molecule has 0 saturated heterocycles. The summed E-state index contributed by atoms with van der Waals surface area (Å²) in [7, 11) is 1.73. The van der Waals surface area contributed by atoms with Crippen molar-refractivity contribution >= 4 is 62.9 Å². The summed E-state index contributed by atoms with van der Waals surface area (Å²) in [5.41, 5.74) is 11.3. The molecule has 0 saturated carbocycles. The average molecular weight is 734 g/mol. The van der Waals surface area contributed by atoms with E-state index in [1.54, 1.807) is 7.48 Å². The molecule has 269 valence electrons. The van der Waals surface area contributed by atoms with Gasteiger partial charge in [0.1, 0.15) is 28.6 Å². The molecular formula is C50H34BN4O2. The summed E-state index contributed by atoms with van der Waals surface area (Å²) in [5, 5.41) is 8.00. The standard InChI is InChI=1S/C50H34BN4O2/c1-3-13-32(14-4-1)35-25-28-43-41(29-35)38-20-8-9-22-42(38)55(43)37-26-27-39-46(30-37)56-45-24-12-21-40(47(39)45)50-53-48(34-16-5-2-6-17-34)52-49(54-50)36-19-11-18-33-15-7-10-23-44(33)57-51-31-36/h1-17,19-31,50H,18H2,(H,52,53,54)/b19-11-,36-31+. The average Bonchev–Trinajstić information content (AvgIpc) is 3.84. The predicted molar refractivity (Wildman–Crippen MR) is 234 cm³/mol. The maximum absolute atomic E-state index is 6.68. The van der Waals surface area contributed by atoms with Gasteiger partial charge in [0, 0.05) is 50.0 Å². The number of para-hydroxylation sites is 2. The van der Waals surface area contributed by atoms with E-state index in [9.17, 15) is 0 Å². The molecule has 0 amide bonds. The van der Waals surface area contributed by atoms with E-state index in [0.717, 1.165) is 78.9 Å². The normalized spacial score (nSPS) is 16.9. The third kappa shape index (κ3) is 5.83. The second-order valence-electron chi connectivity index (χ2n) is 14.4. The smallest absolute Gasteiger partial charge is 0.401 e. The summed E-state index contributed by atoms with van der Waals surface area (Å²) in [4.78, 5) is 10.5. The van der Waals surface area contributed by atoms with E-state index < -0.39 is 6.17 Å². The van der Waals surface area contributed by atoms with E-state index in [-0.39, 0.29) is 0 Å². The lowest BCUT2D eigenvalue weighted by molar-refractivity contribution is 0.596. The van der Waals surface area contributed by atoms with Gasteiger partial charge in [0.05, 0.1) is 11.0 Å². The Hall–Kier alpha value is -7.38. The molecule has 4 heterocycles. The Bertz CT molecular complexity index is 3140. The Morgan fingerprint density at radius 1 is 0.596 bits per heavy atom. The topological polar surface area (TPSA) is 64.0 Å². The SMILES string of the molecule is [B]1/C=C(C2=NC(c3cccc4oc5cc(-n6c7ccccc7c7cc(-c8ccccc8)ccc76)ccc5c34)N=C(c3ccccc3)N2)\C=C/Cc2ccccc2O1. The van der Waals surface area contributed by atoms with E-state index >= 15 is 0 Å². The zero-order chi connectivity index (χ0) is 37.7. The molecule has 0 fully saturated rings. The van der Waals surface area contributed by atoms with E-state index in [0.29, 0.717) is 5.84 Å². The number of fused-ring (bicyclic) bond motifs is 7. The van der Waals surface area contributed by atoms with E-state index in [1.165, 1.54) is 21.9 Å². The molecule has 7 heteroatoms. The van der Waals surface area contributed by atoms with Crippen LogP contribution in [0.5, 0.6) is 5.75 Å². The van der Waals surface area contributed by atoms with Crippen molar-refractivity contribution in [2.75, 3.05) is 0 Å². The van der Waals surface area contributed by atoms with Crippen LogP contribution in [-0.4, -0.2) is 23.7 Å². The van der Waals surface area contributed by atoms with Crippen LogP contribution in [0.3, 0.4) is 0 Å². The largest absolute Gasteiger partial charge is 0.558 e. The van der Waals surface area contributed by atoms with Crippen molar-refractivity contribution in [1.29, 1.82) is 0 Å². The zero-order valence-electron chi connectivity index (χ0n) is 30.8. The number of hydrogen-bond acceptors (Lipinski definition) is 5. The fourth-order valence-electron chi connectivity index (χ4n) is 8.23. The van der Waals surface area contributed by atoms with E-state index in [2.05, 4.69) is 137 Å². The molecule has 9 aromatic rings. The minimum Gasteiger partial charge on any atom is -0.558 e.